The van der Waals surface area contributed by atoms with Crippen LogP contribution in [0.15, 0.2) is 48.5 Å². The lowest BCUT2D eigenvalue weighted by molar-refractivity contribution is 0.0696. The number of hydrogen-bond donors (Lipinski definition) is 1. The zero-order valence-electron chi connectivity index (χ0n) is 11.6. The van der Waals surface area contributed by atoms with Crippen molar-refractivity contribution in [3.8, 4) is 0 Å². The molecule has 1 unspecified atom stereocenters. The highest BCUT2D eigenvalue weighted by atomic mass is 16.4. The number of benzene rings is 2. The largest absolute Gasteiger partial charge is 0.478 e. The van der Waals surface area contributed by atoms with E-state index in [0.717, 1.165) is 12.1 Å². The highest BCUT2D eigenvalue weighted by molar-refractivity contribution is 6.08. The molecule has 1 heterocycles. The Kier molecular flexibility index (Phi) is 3.22. The van der Waals surface area contributed by atoms with E-state index < -0.39 is 5.97 Å². The maximum absolute atomic E-state index is 12.7. The molecule has 3 rings (SSSR count). The Morgan fingerprint density at radius 2 is 1.67 bits per heavy atom. The van der Waals surface area contributed by atoms with Crippen LogP contribution in [0.1, 0.15) is 33.2 Å². The third-order valence-electron chi connectivity index (χ3n) is 3.80. The molecule has 4 nitrogen and oxygen atoms in total. The van der Waals surface area contributed by atoms with Gasteiger partial charge in [0.1, 0.15) is 0 Å². The van der Waals surface area contributed by atoms with Crippen LogP contribution in [-0.2, 0) is 6.42 Å². The first kappa shape index (κ1) is 13.4. The van der Waals surface area contributed by atoms with Crippen molar-refractivity contribution in [1.29, 1.82) is 0 Å². The third kappa shape index (κ3) is 2.29. The molecule has 21 heavy (non-hydrogen) atoms. The second-order valence-electron chi connectivity index (χ2n) is 5.24. The summed E-state index contributed by atoms with van der Waals surface area (Å²) in [5.41, 5.74) is 2.79. The van der Waals surface area contributed by atoms with Gasteiger partial charge < -0.3 is 10.0 Å². The molecule has 2 aromatic rings. The smallest absolute Gasteiger partial charge is 0.335 e. The highest BCUT2D eigenvalue weighted by Gasteiger charge is 2.31. The summed E-state index contributed by atoms with van der Waals surface area (Å²) >= 11 is 0. The van der Waals surface area contributed by atoms with Crippen LogP contribution in [0.2, 0.25) is 0 Å². The lowest BCUT2D eigenvalue weighted by Crippen LogP contribution is -2.35. The van der Waals surface area contributed by atoms with E-state index in [1.54, 1.807) is 17.0 Å². The van der Waals surface area contributed by atoms with Crippen molar-refractivity contribution in [2.75, 3.05) is 4.90 Å². The molecule has 0 aromatic heterocycles. The molecule has 0 aliphatic carbocycles. The summed E-state index contributed by atoms with van der Waals surface area (Å²) in [6, 6.07) is 14.0. The van der Waals surface area contributed by atoms with Crippen molar-refractivity contribution in [1.82, 2.24) is 0 Å². The van der Waals surface area contributed by atoms with Crippen LogP contribution >= 0.6 is 0 Å². The van der Waals surface area contributed by atoms with E-state index in [9.17, 15) is 9.59 Å². The predicted molar refractivity (Wildman–Crippen MR) is 79.8 cm³/mol. The number of nitrogens with zero attached hydrogens (tertiary/aromatic N) is 1. The van der Waals surface area contributed by atoms with Crippen LogP contribution in [0.4, 0.5) is 5.69 Å². The fourth-order valence-electron chi connectivity index (χ4n) is 2.77. The second-order valence-corrected chi connectivity index (χ2v) is 5.24. The molecule has 1 atom stereocenters. The van der Waals surface area contributed by atoms with E-state index in [4.69, 9.17) is 5.11 Å². The standard InChI is InChI=1S/C17H15NO3/c1-11-10-14-4-2-3-5-15(14)18(11)16(19)12-6-8-13(9-7-12)17(20)21/h2-9,11H,10H2,1H3,(H,20,21). The zero-order chi connectivity index (χ0) is 15.0. The van der Waals surface area contributed by atoms with E-state index in [2.05, 4.69) is 0 Å². The maximum atomic E-state index is 12.7. The summed E-state index contributed by atoms with van der Waals surface area (Å²) in [4.78, 5) is 25.3. The van der Waals surface area contributed by atoms with Gasteiger partial charge in [0.15, 0.2) is 0 Å². The number of aromatic carboxylic acids is 1. The summed E-state index contributed by atoms with van der Waals surface area (Å²) in [5, 5.41) is 8.90. The van der Waals surface area contributed by atoms with Crippen LogP contribution in [0.25, 0.3) is 0 Å². The molecule has 1 aliphatic rings. The first-order valence-corrected chi connectivity index (χ1v) is 6.83. The Labute approximate surface area is 122 Å². The third-order valence-corrected chi connectivity index (χ3v) is 3.80. The van der Waals surface area contributed by atoms with E-state index in [1.807, 2.05) is 31.2 Å². The van der Waals surface area contributed by atoms with E-state index >= 15 is 0 Å². The van der Waals surface area contributed by atoms with E-state index in [1.165, 1.54) is 17.7 Å². The van der Waals surface area contributed by atoms with Gasteiger partial charge in [0.2, 0.25) is 0 Å². The Hall–Kier alpha value is -2.62. The molecule has 0 radical (unpaired) electrons. The normalized spacial score (nSPS) is 16.6. The molecule has 0 fully saturated rings. The molecule has 2 aromatic carbocycles. The summed E-state index contributed by atoms with van der Waals surface area (Å²) in [6.45, 7) is 2.02. The van der Waals surface area contributed by atoms with Crippen LogP contribution in [0.5, 0.6) is 0 Å². The van der Waals surface area contributed by atoms with Crippen molar-refractivity contribution in [2.24, 2.45) is 0 Å². The average Bonchev–Trinajstić information content (AvgIpc) is 2.82. The number of para-hydroxylation sites is 1. The molecule has 1 N–H and O–H groups in total. The fourth-order valence-corrected chi connectivity index (χ4v) is 2.77. The molecule has 0 spiro atoms. The van der Waals surface area contributed by atoms with Crippen LogP contribution in [0, 0.1) is 0 Å². The van der Waals surface area contributed by atoms with Crippen LogP contribution < -0.4 is 4.90 Å². The van der Waals surface area contributed by atoms with Gasteiger partial charge in [-0.2, -0.15) is 0 Å². The Balaban J connectivity index is 1.93. The number of rotatable bonds is 2. The van der Waals surface area contributed by atoms with Gasteiger partial charge in [-0.1, -0.05) is 18.2 Å². The average molecular weight is 281 g/mol. The van der Waals surface area contributed by atoms with Gasteiger partial charge in [-0.15, -0.1) is 0 Å². The van der Waals surface area contributed by atoms with Gasteiger partial charge in [0.25, 0.3) is 5.91 Å². The monoisotopic (exact) mass is 281 g/mol. The predicted octanol–water partition coefficient (Wildman–Crippen LogP) is 2.98. The lowest BCUT2D eigenvalue weighted by atomic mass is 10.1. The first-order valence-electron chi connectivity index (χ1n) is 6.83. The number of carbonyl (C=O) groups is 2. The molecule has 0 bridgehead atoms. The number of anilines is 1. The second kappa shape index (κ2) is 5.05. The Morgan fingerprint density at radius 1 is 1.05 bits per heavy atom. The van der Waals surface area contributed by atoms with Crippen LogP contribution in [-0.4, -0.2) is 23.0 Å². The summed E-state index contributed by atoms with van der Waals surface area (Å²) in [6.07, 6.45) is 0.842. The molecule has 1 aliphatic heterocycles. The van der Waals surface area contributed by atoms with E-state index in [-0.39, 0.29) is 17.5 Å². The minimum atomic E-state index is -0.992. The number of fused-ring (bicyclic) bond motifs is 1. The number of hydrogen-bond acceptors (Lipinski definition) is 2. The maximum Gasteiger partial charge on any atom is 0.335 e. The van der Waals surface area contributed by atoms with Crippen molar-refractivity contribution in [3.63, 3.8) is 0 Å². The number of amides is 1. The van der Waals surface area contributed by atoms with Gasteiger partial charge in [0, 0.05) is 17.3 Å². The number of carboxylic acids is 1. The molecular weight excluding hydrogens is 266 g/mol. The van der Waals surface area contributed by atoms with Crippen LogP contribution in [0.3, 0.4) is 0 Å². The SMILES string of the molecule is CC1Cc2ccccc2N1C(=O)c1ccc(C(=O)O)cc1. The zero-order valence-corrected chi connectivity index (χ0v) is 11.6. The highest BCUT2D eigenvalue weighted by Crippen LogP contribution is 2.33. The van der Waals surface area contributed by atoms with Crippen molar-refractivity contribution < 1.29 is 14.7 Å². The van der Waals surface area contributed by atoms with Gasteiger partial charge in [-0.3, -0.25) is 4.79 Å². The first-order chi connectivity index (χ1) is 10.1. The number of carbonyl (C=O) groups excluding carboxylic acids is 1. The molecule has 106 valence electrons. The Bertz CT molecular complexity index is 706. The van der Waals surface area contributed by atoms with Crippen molar-refractivity contribution in [2.45, 2.75) is 19.4 Å². The summed E-state index contributed by atoms with van der Waals surface area (Å²) < 4.78 is 0. The quantitative estimate of drug-likeness (QED) is 0.920. The lowest BCUT2D eigenvalue weighted by Gasteiger charge is -2.22. The Morgan fingerprint density at radius 3 is 2.33 bits per heavy atom. The fraction of sp³-hybridized carbons (Fsp3) is 0.176. The summed E-state index contributed by atoms with van der Waals surface area (Å²) in [7, 11) is 0. The van der Waals surface area contributed by atoms with Gasteiger partial charge >= 0.3 is 5.97 Å². The summed E-state index contributed by atoms with van der Waals surface area (Å²) in [5.74, 6) is -1.08. The molecule has 0 saturated heterocycles. The molecule has 0 saturated carbocycles. The minimum absolute atomic E-state index is 0.0932. The topological polar surface area (TPSA) is 57.6 Å². The van der Waals surface area contributed by atoms with Crippen molar-refractivity contribution >= 4 is 17.6 Å². The molecule has 4 heteroatoms. The van der Waals surface area contributed by atoms with Crippen molar-refractivity contribution in [3.05, 3.63) is 65.2 Å². The van der Waals surface area contributed by atoms with Gasteiger partial charge in [-0.25, -0.2) is 4.79 Å². The van der Waals surface area contributed by atoms with Gasteiger partial charge in [-0.05, 0) is 49.2 Å². The number of carboxylic acid groups (broad SMARTS) is 1. The molecule has 1 amide bonds. The van der Waals surface area contributed by atoms with Gasteiger partial charge in [0.05, 0.1) is 5.56 Å². The minimum Gasteiger partial charge on any atom is -0.478 e. The van der Waals surface area contributed by atoms with E-state index in [0.29, 0.717) is 5.56 Å². The molecular formula is C17H15NO3.